The molecule has 28 heteroatoms. The van der Waals surface area contributed by atoms with Gasteiger partial charge in [0.1, 0.15) is 29.1 Å². The average molecular weight is 1810 g/mol. The average Bonchev–Trinajstić information content (AvgIpc) is 1.66. The number of hydrogen-bond acceptors (Lipinski definition) is 23. The summed E-state index contributed by atoms with van der Waals surface area (Å²) >= 11 is 0. The van der Waals surface area contributed by atoms with Crippen LogP contribution in [0.3, 0.4) is 0 Å². The van der Waals surface area contributed by atoms with E-state index in [0.29, 0.717) is 89.6 Å². The highest BCUT2D eigenvalue weighted by atomic mass is 16.2. The smallest absolute Gasteiger partial charge is 0.230 e. The highest BCUT2D eigenvalue weighted by molar-refractivity contribution is 6.07. The van der Waals surface area contributed by atoms with Crippen LogP contribution >= 0.6 is 0 Å². The van der Waals surface area contributed by atoms with Gasteiger partial charge in [-0.25, -0.2) is 24.9 Å². The molecule has 137 heavy (non-hydrogen) atoms. The quantitative estimate of drug-likeness (QED) is 0.0379. The Kier molecular flexibility index (Phi) is 26.0. The van der Waals surface area contributed by atoms with Crippen LogP contribution in [0.2, 0.25) is 0 Å². The van der Waals surface area contributed by atoms with Crippen molar-refractivity contribution in [2.75, 3.05) is 55.3 Å². The summed E-state index contributed by atoms with van der Waals surface area (Å²) in [6.45, 7) is 12.4. The zero-order valence-corrected chi connectivity index (χ0v) is 75.9. The number of fused-ring (bicyclic) bond motifs is 6. The molecular formula is C109H95N23O5. The van der Waals surface area contributed by atoms with E-state index in [9.17, 15) is 24.0 Å². The van der Waals surface area contributed by atoms with E-state index in [1.54, 1.807) is 43.2 Å². The topological polar surface area (TPSA) is 498 Å². The van der Waals surface area contributed by atoms with Gasteiger partial charge in [-0.1, -0.05) is 86.6 Å². The van der Waals surface area contributed by atoms with E-state index >= 15 is 0 Å². The summed E-state index contributed by atoms with van der Waals surface area (Å²) in [7, 11) is 0. The lowest BCUT2D eigenvalue weighted by atomic mass is 9.95. The minimum atomic E-state index is -0.247. The molecule has 4 unspecified atom stereocenters. The zero-order chi connectivity index (χ0) is 96.1. The summed E-state index contributed by atoms with van der Waals surface area (Å²) in [5.74, 6) is -0.420. The van der Waals surface area contributed by atoms with Gasteiger partial charge in [-0.15, -0.1) is 0 Å². The SMILES string of the molecule is CCc1ccccc1-c1cc(N)c2cnc(NC(=O)C3CC3C#N)cc2c1.CCc1ccccc1-c1cc(N)c2cnc(NC(=O)[C@H]3C[C@H]3C#N)cc2c1.Cc1c(-c2cc(N)c3cnc(NC(=O)[C@@H]4C[C@H]4C#N)cc3c2)cnc2cccnc12.Cc1cc(C)c(-c2cc(N)c3cnc(NC(=O)[C@@H]4C[C@H]4C#N)cc3c2)cn1.Cc1ccccc1-c1cc(N)c2cnc(NC(=O)C3CC3C#N)cc2c1. The third kappa shape index (κ3) is 20.2. The number of aromatic nitrogens is 8. The molecule has 8 aromatic carbocycles. The lowest BCUT2D eigenvalue weighted by Crippen LogP contribution is -2.15. The molecule has 5 amide bonds. The number of carbonyl (C=O) groups excluding carboxylic acids is 5. The number of nitrogens with zero attached hydrogens (tertiary/aromatic N) is 13. The number of carbonyl (C=O) groups is 5. The number of nitrogens with one attached hydrogen (secondary N) is 5. The van der Waals surface area contributed by atoms with Crippen molar-refractivity contribution in [2.45, 2.75) is 86.5 Å². The van der Waals surface area contributed by atoms with E-state index in [1.807, 2.05) is 154 Å². The Morgan fingerprint density at radius 3 is 0.912 bits per heavy atom. The van der Waals surface area contributed by atoms with Gasteiger partial charge in [0.05, 0.1) is 101 Å². The Morgan fingerprint density at radius 2 is 0.606 bits per heavy atom. The Labute approximate surface area is 789 Å². The molecule has 0 spiro atoms. The maximum absolute atomic E-state index is 12.3. The number of aryl methyl sites for hydroxylation is 6. The molecule has 5 aliphatic carbocycles. The van der Waals surface area contributed by atoms with E-state index in [0.717, 1.165) is 150 Å². The molecule has 5 fully saturated rings. The van der Waals surface area contributed by atoms with Crippen LogP contribution in [0.1, 0.15) is 79.5 Å². The summed E-state index contributed by atoms with van der Waals surface area (Å²) in [5.41, 5.74) is 53.4. The van der Waals surface area contributed by atoms with Crippen LogP contribution in [-0.2, 0) is 36.8 Å². The molecule has 28 nitrogen and oxygen atoms in total. The van der Waals surface area contributed by atoms with Crippen LogP contribution in [0.15, 0.2) is 232 Å². The summed E-state index contributed by atoms with van der Waals surface area (Å²) in [4.78, 5) is 95.9. The first-order valence-electron chi connectivity index (χ1n) is 45.1. The number of nitriles is 5. The van der Waals surface area contributed by atoms with Gasteiger partial charge in [-0.3, -0.25) is 38.9 Å². The molecule has 8 aromatic heterocycles. The van der Waals surface area contributed by atoms with E-state index in [-0.39, 0.29) is 88.7 Å². The van der Waals surface area contributed by atoms with Crippen LogP contribution in [0.25, 0.3) is 121 Å². The number of amides is 5. The first-order chi connectivity index (χ1) is 66.3. The number of anilines is 10. The fraction of sp³-hybridized carbons (Fsp3) is 0.211. The molecule has 10 atom stereocenters. The molecule has 8 heterocycles. The number of nitrogen functional groups attached to an aromatic ring is 5. The van der Waals surface area contributed by atoms with Crippen molar-refractivity contribution in [3.05, 3.63) is 265 Å². The van der Waals surface area contributed by atoms with Crippen LogP contribution in [-0.4, -0.2) is 69.4 Å². The standard InChI is InChI=1S/C23H18N6O.2C22H20N4O.C21H19N5O.C21H18N4O/c1-12-17(10-27-20-3-2-4-26-22(12)20)13-5-14-8-21(28-11-18(14)19(25)7-13)29-23(30)16-6-15(16)9-24;2*1-2-13-5-3-4-6-17(13)14-7-15-10-21(25-12-19(15)20(24)9-14)26-22(27)18-8-16(18)11-23;1-11-3-12(2)24-9-17(11)13-4-14-7-20(25-10-18(14)19(23)6-13)26-21(27)16-5-15(16)8-22;1-12-4-2-3-5-16(12)13-6-14-9-20(24-11-18(14)19(23)8-13)25-21(26)17-7-15(17)10-22/h2-5,7-8,10-11,15-16H,6,25H2,1H3,(H,28,29,30);2*3-7,9-10,12,16,18H,2,8,24H2,1H3,(H,25,26,27);3-4,6-7,9-10,15-16H,5,23H2,1-2H3,(H,25,26,27);2-6,8-9,11,15,17H,7,23H2,1H3,(H,24,25,26)/t15-,16+;16-,18-;;15-,16+;/m00.0./s1. The maximum Gasteiger partial charge on any atom is 0.230 e. The van der Waals surface area contributed by atoms with Gasteiger partial charge < -0.3 is 55.3 Å². The first-order valence-corrected chi connectivity index (χ1v) is 45.1. The third-order valence-corrected chi connectivity index (χ3v) is 25.7. The fourth-order valence-corrected chi connectivity index (χ4v) is 17.3. The lowest BCUT2D eigenvalue weighted by molar-refractivity contribution is -0.118. The minimum absolute atomic E-state index is 0.145. The third-order valence-electron chi connectivity index (χ3n) is 25.7. The van der Waals surface area contributed by atoms with Gasteiger partial charge in [0.2, 0.25) is 29.5 Å². The lowest BCUT2D eigenvalue weighted by Gasteiger charge is -2.12. The molecule has 21 rings (SSSR count). The van der Waals surface area contributed by atoms with Crippen molar-refractivity contribution in [3.63, 3.8) is 0 Å². The molecule has 676 valence electrons. The van der Waals surface area contributed by atoms with Crippen molar-refractivity contribution in [2.24, 2.45) is 59.2 Å². The largest absolute Gasteiger partial charge is 0.398 e. The van der Waals surface area contributed by atoms with E-state index in [2.05, 4.69) is 172 Å². The monoisotopic (exact) mass is 1810 g/mol. The normalized spacial score (nSPS) is 18.0. The highest BCUT2D eigenvalue weighted by Gasteiger charge is 2.47. The van der Waals surface area contributed by atoms with E-state index < -0.39 is 0 Å². The van der Waals surface area contributed by atoms with E-state index in [1.165, 1.54) is 16.7 Å². The number of pyridine rings is 8. The van der Waals surface area contributed by atoms with Crippen molar-refractivity contribution in [3.8, 4) is 86.0 Å². The molecule has 0 saturated heterocycles. The van der Waals surface area contributed by atoms with Crippen LogP contribution in [0.5, 0.6) is 0 Å². The molecule has 0 bridgehead atoms. The van der Waals surface area contributed by atoms with Gasteiger partial charge >= 0.3 is 0 Å². The zero-order valence-electron chi connectivity index (χ0n) is 75.9. The van der Waals surface area contributed by atoms with Crippen molar-refractivity contribution in [1.82, 2.24) is 39.9 Å². The van der Waals surface area contributed by atoms with Crippen molar-refractivity contribution < 1.29 is 24.0 Å². The summed E-state index contributed by atoms with van der Waals surface area (Å²) in [6, 6.07) is 70.3. The Hall–Kier alpha value is -17.7. The van der Waals surface area contributed by atoms with Gasteiger partial charge in [0.25, 0.3) is 0 Å². The molecule has 16 aromatic rings. The van der Waals surface area contributed by atoms with E-state index in [4.69, 9.17) is 55.0 Å². The second-order valence-electron chi connectivity index (χ2n) is 35.3. The molecule has 5 saturated carbocycles. The Balaban J connectivity index is 0.000000119. The fourth-order valence-electron chi connectivity index (χ4n) is 17.3. The molecule has 0 aliphatic heterocycles. The Morgan fingerprint density at radius 1 is 0.314 bits per heavy atom. The molecule has 0 radical (unpaired) electrons. The second-order valence-corrected chi connectivity index (χ2v) is 35.3. The van der Waals surface area contributed by atoms with Crippen molar-refractivity contribution in [1.29, 1.82) is 26.3 Å². The predicted molar refractivity (Wildman–Crippen MR) is 536 cm³/mol. The van der Waals surface area contributed by atoms with Crippen LogP contribution in [0, 0.1) is 144 Å². The number of nitrogens with two attached hydrogens (primary N) is 5. The molecule has 15 N–H and O–H groups in total. The highest BCUT2D eigenvalue weighted by Crippen LogP contribution is 2.45. The molecular weight excluding hydrogens is 1710 g/mol. The van der Waals surface area contributed by atoms with Gasteiger partial charge in [-0.05, 0) is 281 Å². The van der Waals surface area contributed by atoms with Crippen molar-refractivity contribution >= 4 is 152 Å². The minimum Gasteiger partial charge on any atom is -0.398 e. The molecule has 5 aliphatic rings. The van der Waals surface area contributed by atoms with Crippen LogP contribution in [0.4, 0.5) is 57.5 Å². The second kappa shape index (κ2) is 39.0. The van der Waals surface area contributed by atoms with Gasteiger partial charge in [-0.2, -0.15) is 26.3 Å². The summed E-state index contributed by atoms with van der Waals surface area (Å²) in [6.07, 6.45) is 18.8. The van der Waals surface area contributed by atoms with Gasteiger partial charge in [0.15, 0.2) is 0 Å². The Bertz CT molecular complexity index is 7670. The number of benzene rings is 8. The first kappa shape index (κ1) is 91.2. The number of hydrogen-bond donors (Lipinski definition) is 10. The summed E-state index contributed by atoms with van der Waals surface area (Å²) < 4.78 is 0. The maximum atomic E-state index is 12.3. The van der Waals surface area contributed by atoms with Crippen LogP contribution < -0.4 is 55.3 Å². The summed E-state index contributed by atoms with van der Waals surface area (Å²) in [5, 5.41) is 67.2. The predicted octanol–water partition coefficient (Wildman–Crippen LogP) is 19.6. The number of rotatable bonds is 17. The van der Waals surface area contributed by atoms with Gasteiger partial charge in [0, 0.05) is 122 Å².